The molecule has 0 atom stereocenters. The highest BCUT2D eigenvalue weighted by atomic mass is 16.5. The van der Waals surface area contributed by atoms with E-state index in [1.807, 2.05) is 29.2 Å². The Morgan fingerprint density at radius 1 is 1.20 bits per heavy atom. The Morgan fingerprint density at radius 2 is 1.95 bits per heavy atom. The van der Waals surface area contributed by atoms with Crippen LogP contribution in [0.15, 0.2) is 36.7 Å². The minimum Gasteiger partial charge on any atom is -0.489 e. The first-order valence-corrected chi connectivity index (χ1v) is 7.14. The highest BCUT2D eigenvalue weighted by molar-refractivity contribution is 5.27. The lowest BCUT2D eigenvalue weighted by atomic mass is 10.2. The van der Waals surface area contributed by atoms with E-state index in [0.717, 1.165) is 24.4 Å². The normalized spacial score (nSPS) is 11.0. The van der Waals surface area contributed by atoms with Crippen LogP contribution in [0.1, 0.15) is 31.9 Å². The highest BCUT2D eigenvalue weighted by Gasteiger charge is 2.00. The molecule has 2 rings (SSSR count). The van der Waals surface area contributed by atoms with Crippen LogP contribution in [0, 0.1) is 0 Å². The lowest BCUT2D eigenvalue weighted by molar-refractivity contribution is 0.306. The molecule has 0 bridgehead atoms. The van der Waals surface area contributed by atoms with Crippen LogP contribution in [-0.2, 0) is 19.7 Å². The number of hydrogen-bond donors (Lipinski definition) is 1. The quantitative estimate of drug-likeness (QED) is 0.843. The molecule has 1 N–H and O–H groups in total. The average Bonchev–Trinajstić information content (AvgIpc) is 2.92. The number of benzene rings is 1. The molecule has 0 aliphatic carbocycles. The Hall–Kier alpha value is -1.81. The molecular weight excluding hydrogens is 250 g/mol. The first-order chi connectivity index (χ1) is 9.67. The van der Waals surface area contributed by atoms with E-state index in [-0.39, 0.29) is 0 Å². The van der Waals surface area contributed by atoms with Gasteiger partial charge in [0.15, 0.2) is 0 Å². The second-order valence-corrected chi connectivity index (χ2v) is 5.17. The summed E-state index contributed by atoms with van der Waals surface area (Å²) in [7, 11) is 0. The molecule has 0 unspecified atom stereocenters. The average molecular weight is 273 g/mol. The minimum atomic E-state index is 0.501. The molecule has 1 aromatic heterocycles. The van der Waals surface area contributed by atoms with E-state index in [0.29, 0.717) is 12.6 Å². The summed E-state index contributed by atoms with van der Waals surface area (Å²) in [6.45, 7) is 8.70. The highest BCUT2D eigenvalue weighted by Crippen LogP contribution is 2.14. The van der Waals surface area contributed by atoms with Crippen LogP contribution in [0.2, 0.25) is 0 Å². The fraction of sp³-hybridized carbons (Fsp3) is 0.438. The van der Waals surface area contributed by atoms with E-state index >= 15 is 0 Å². The summed E-state index contributed by atoms with van der Waals surface area (Å²) in [6.07, 6.45) is 3.87. The van der Waals surface area contributed by atoms with Gasteiger partial charge in [0.25, 0.3) is 0 Å². The van der Waals surface area contributed by atoms with Crippen molar-refractivity contribution >= 4 is 0 Å². The largest absolute Gasteiger partial charge is 0.489 e. The van der Waals surface area contributed by atoms with Gasteiger partial charge in [-0.25, -0.2) is 0 Å². The molecule has 2 aromatic rings. The summed E-state index contributed by atoms with van der Waals surface area (Å²) in [5.41, 5.74) is 2.36. The lowest BCUT2D eigenvalue weighted by Crippen LogP contribution is -2.21. The Kier molecular flexibility index (Phi) is 5.18. The van der Waals surface area contributed by atoms with Gasteiger partial charge in [-0.2, -0.15) is 5.10 Å². The van der Waals surface area contributed by atoms with Crippen LogP contribution in [0.4, 0.5) is 0 Å². The fourth-order valence-electron chi connectivity index (χ4n) is 1.85. The van der Waals surface area contributed by atoms with Crippen LogP contribution >= 0.6 is 0 Å². The van der Waals surface area contributed by atoms with E-state index in [9.17, 15) is 0 Å². The van der Waals surface area contributed by atoms with E-state index in [4.69, 9.17) is 4.74 Å². The summed E-state index contributed by atoms with van der Waals surface area (Å²) in [4.78, 5) is 0. The SMILES string of the molecule is CCn1cc(COc2ccc(CNC(C)C)cc2)cn1. The van der Waals surface area contributed by atoms with Crippen molar-refractivity contribution in [1.82, 2.24) is 15.1 Å². The number of hydrogen-bond acceptors (Lipinski definition) is 3. The van der Waals surface area contributed by atoms with Crippen LogP contribution in [0.3, 0.4) is 0 Å². The monoisotopic (exact) mass is 273 g/mol. The zero-order chi connectivity index (χ0) is 14.4. The molecule has 0 amide bonds. The fourth-order valence-corrected chi connectivity index (χ4v) is 1.85. The van der Waals surface area contributed by atoms with Gasteiger partial charge in [-0.1, -0.05) is 26.0 Å². The van der Waals surface area contributed by atoms with Gasteiger partial charge in [-0.3, -0.25) is 4.68 Å². The van der Waals surface area contributed by atoms with Gasteiger partial charge in [-0.15, -0.1) is 0 Å². The first-order valence-electron chi connectivity index (χ1n) is 7.14. The van der Waals surface area contributed by atoms with Gasteiger partial charge in [0.2, 0.25) is 0 Å². The van der Waals surface area contributed by atoms with Crippen LogP contribution in [0.25, 0.3) is 0 Å². The summed E-state index contributed by atoms with van der Waals surface area (Å²) < 4.78 is 7.66. The molecule has 0 spiro atoms. The molecule has 4 heteroatoms. The maximum atomic E-state index is 5.76. The zero-order valence-electron chi connectivity index (χ0n) is 12.5. The molecule has 0 saturated heterocycles. The summed E-state index contributed by atoms with van der Waals surface area (Å²) in [5, 5.41) is 7.63. The molecule has 4 nitrogen and oxygen atoms in total. The van der Waals surface area contributed by atoms with Gasteiger partial charge in [-0.05, 0) is 24.6 Å². The third-order valence-electron chi connectivity index (χ3n) is 3.05. The Bertz CT molecular complexity index is 517. The summed E-state index contributed by atoms with van der Waals surface area (Å²) in [6, 6.07) is 8.73. The van der Waals surface area contributed by atoms with Gasteiger partial charge in [0, 0.05) is 30.9 Å². The molecule has 20 heavy (non-hydrogen) atoms. The zero-order valence-corrected chi connectivity index (χ0v) is 12.5. The van der Waals surface area contributed by atoms with Gasteiger partial charge in [0.05, 0.1) is 6.20 Å². The van der Waals surface area contributed by atoms with Crippen LogP contribution in [0.5, 0.6) is 5.75 Å². The van der Waals surface area contributed by atoms with Crippen molar-refractivity contribution in [3.05, 3.63) is 47.8 Å². The number of aryl methyl sites for hydroxylation is 1. The molecule has 0 aliphatic heterocycles. The predicted molar refractivity (Wildman–Crippen MR) is 80.7 cm³/mol. The molecular formula is C16H23N3O. The second kappa shape index (κ2) is 7.10. The molecule has 1 aromatic carbocycles. The van der Waals surface area contributed by atoms with Crippen LogP contribution < -0.4 is 10.1 Å². The predicted octanol–water partition coefficient (Wildman–Crippen LogP) is 2.98. The molecule has 0 saturated carbocycles. The van der Waals surface area contributed by atoms with Crippen molar-refractivity contribution in [2.45, 2.75) is 46.5 Å². The molecule has 0 fully saturated rings. The summed E-state index contributed by atoms with van der Waals surface area (Å²) >= 11 is 0. The van der Waals surface area contributed by atoms with Crippen molar-refractivity contribution in [1.29, 1.82) is 0 Å². The third-order valence-corrected chi connectivity index (χ3v) is 3.05. The second-order valence-electron chi connectivity index (χ2n) is 5.17. The van der Waals surface area contributed by atoms with Crippen molar-refractivity contribution in [3.63, 3.8) is 0 Å². The van der Waals surface area contributed by atoms with Gasteiger partial charge < -0.3 is 10.1 Å². The Morgan fingerprint density at radius 3 is 2.55 bits per heavy atom. The lowest BCUT2D eigenvalue weighted by Gasteiger charge is -2.09. The Balaban J connectivity index is 1.84. The van der Waals surface area contributed by atoms with E-state index in [2.05, 4.69) is 43.3 Å². The number of nitrogens with zero attached hydrogens (tertiary/aromatic N) is 2. The number of ether oxygens (including phenoxy) is 1. The van der Waals surface area contributed by atoms with Crippen molar-refractivity contribution in [2.24, 2.45) is 0 Å². The van der Waals surface area contributed by atoms with Crippen molar-refractivity contribution in [2.75, 3.05) is 0 Å². The Labute approximate surface area is 120 Å². The van der Waals surface area contributed by atoms with E-state index in [1.165, 1.54) is 5.56 Å². The topological polar surface area (TPSA) is 39.1 Å². The third kappa shape index (κ3) is 4.38. The number of aromatic nitrogens is 2. The minimum absolute atomic E-state index is 0.501. The summed E-state index contributed by atoms with van der Waals surface area (Å²) in [5.74, 6) is 0.891. The van der Waals surface area contributed by atoms with Crippen molar-refractivity contribution < 1.29 is 4.74 Å². The molecule has 1 heterocycles. The maximum absolute atomic E-state index is 5.76. The van der Waals surface area contributed by atoms with E-state index in [1.54, 1.807) is 0 Å². The number of nitrogens with one attached hydrogen (secondary N) is 1. The van der Waals surface area contributed by atoms with Crippen LogP contribution in [-0.4, -0.2) is 15.8 Å². The maximum Gasteiger partial charge on any atom is 0.119 e. The van der Waals surface area contributed by atoms with E-state index < -0.39 is 0 Å². The standard InChI is InChI=1S/C16H23N3O/c1-4-19-11-15(10-18-19)12-20-16-7-5-14(6-8-16)9-17-13(2)3/h5-8,10-11,13,17H,4,9,12H2,1-3H3. The molecule has 108 valence electrons. The van der Waals surface area contributed by atoms with Crippen molar-refractivity contribution in [3.8, 4) is 5.75 Å². The number of rotatable bonds is 7. The van der Waals surface area contributed by atoms with Gasteiger partial charge >= 0.3 is 0 Å². The molecule has 0 radical (unpaired) electrons. The smallest absolute Gasteiger partial charge is 0.119 e. The first kappa shape index (κ1) is 14.6. The molecule has 0 aliphatic rings. The van der Waals surface area contributed by atoms with Gasteiger partial charge in [0.1, 0.15) is 12.4 Å².